The molecule has 3 heterocycles. The van der Waals surface area contributed by atoms with E-state index in [-0.39, 0.29) is 12.1 Å². The van der Waals surface area contributed by atoms with E-state index >= 15 is 0 Å². The molecule has 2 N–H and O–H groups in total. The van der Waals surface area contributed by atoms with E-state index in [1.54, 1.807) is 11.3 Å². The van der Waals surface area contributed by atoms with Gasteiger partial charge in [0.1, 0.15) is 0 Å². The molecule has 17 heavy (non-hydrogen) atoms. The number of hydrogen-bond donors (Lipinski definition) is 2. The minimum Gasteiger partial charge on any atom is -0.394 e. The summed E-state index contributed by atoms with van der Waals surface area (Å²) in [7, 11) is 0. The number of aliphatic hydroxyl groups excluding tert-OH is 1. The molecule has 2 aliphatic heterocycles. The molecule has 0 spiro atoms. The van der Waals surface area contributed by atoms with Gasteiger partial charge in [-0.05, 0) is 37.3 Å². The van der Waals surface area contributed by atoms with Crippen LogP contribution in [-0.2, 0) is 6.54 Å². The van der Waals surface area contributed by atoms with Gasteiger partial charge in [0.05, 0.1) is 12.1 Å². The number of hydrogen-bond acceptors (Lipinski definition) is 4. The highest BCUT2D eigenvalue weighted by Crippen LogP contribution is 2.36. The summed E-state index contributed by atoms with van der Waals surface area (Å²) >= 11 is 1.78. The van der Waals surface area contributed by atoms with E-state index in [4.69, 9.17) is 0 Å². The summed E-state index contributed by atoms with van der Waals surface area (Å²) in [6, 6.07) is 4.79. The Bertz CT molecular complexity index is 368. The third-order valence-corrected chi connectivity index (χ3v) is 5.20. The van der Waals surface area contributed by atoms with Gasteiger partial charge in [-0.3, -0.25) is 4.90 Å². The van der Waals surface area contributed by atoms with E-state index in [0.29, 0.717) is 6.04 Å². The maximum absolute atomic E-state index is 9.81. The van der Waals surface area contributed by atoms with Crippen LogP contribution in [0.3, 0.4) is 0 Å². The highest BCUT2D eigenvalue weighted by atomic mass is 32.1. The summed E-state index contributed by atoms with van der Waals surface area (Å²) in [6.07, 6.45) is 3.60. The molecule has 2 unspecified atom stereocenters. The molecule has 4 heteroatoms. The van der Waals surface area contributed by atoms with Crippen molar-refractivity contribution >= 4 is 11.3 Å². The molecular weight excluding hydrogens is 232 g/mol. The Labute approximate surface area is 106 Å². The summed E-state index contributed by atoms with van der Waals surface area (Å²) in [4.78, 5) is 3.90. The summed E-state index contributed by atoms with van der Waals surface area (Å²) in [5.41, 5.74) is -0.0551. The molecule has 3 rings (SSSR count). The molecule has 0 aliphatic carbocycles. The van der Waals surface area contributed by atoms with Crippen LogP contribution in [0.15, 0.2) is 17.5 Å². The van der Waals surface area contributed by atoms with Crippen molar-refractivity contribution < 1.29 is 5.11 Å². The molecule has 0 saturated carbocycles. The maximum atomic E-state index is 9.81. The van der Waals surface area contributed by atoms with Gasteiger partial charge in [0.2, 0.25) is 0 Å². The van der Waals surface area contributed by atoms with E-state index < -0.39 is 0 Å². The van der Waals surface area contributed by atoms with Gasteiger partial charge in [-0.2, -0.15) is 0 Å². The van der Waals surface area contributed by atoms with Gasteiger partial charge in [-0.1, -0.05) is 6.07 Å². The molecule has 0 bridgehead atoms. The second kappa shape index (κ2) is 4.69. The van der Waals surface area contributed by atoms with Crippen molar-refractivity contribution in [2.24, 2.45) is 0 Å². The Morgan fingerprint density at radius 3 is 3.24 bits per heavy atom. The zero-order valence-corrected chi connectivity index (χ0v) is 10.9. The van der Waals surface area contributed by atoms with E-state index in [0.717, 1.165) is 19.5 Å². The fraction of sp³-hybridized carbons (Fsp3) is 0.692. The lowest BCUT2D eigenvalue weighted by Gasteiger charge is -2.34. The van der Waals surface area contributed by atoms with E-state index in [2.05, 4.69) is 27.7 Å². The minimum absolute atomic E-state index is 0.0551. The first-order chi connectivity index (χ1) is 8.34. The molecule has 0 amide bonds. The van der Waals surface area contributed by atoms with Crippen LogP contribution in [-0.4, -0.2) is 41.3 Å². The molecule has 2 saturated heterocycles. The number of nitrogens with one attached hydrogen (secondary N) is 1. The second-order valence-electron chi connectivity index (χ2n) is 5.19. The van der Waals surface area contributed by atoms with Crippen molar-refractivity contribution in [1.82, 2.24) is 10.2 Å². The first-order valence-electron chi connectivity index (χ1n) is 6.46. The predicted octanol–water partition coefficient (Wildman–Crippen LogP) is 1.44. The quantitative estimate of drug-likeness (QED) is 0.851. The van der Waals surface area contributed by atoms with Crippen molar-refractivity contribution in [2.45, 2.75) is 37.4 Å². The summed E-state index contributed by atoms with van der Waals surface area (Å²) < 4.78 is 0. The van der Waals surface area contributed by atoms with Crippen LogP contribution in [0.1, 0.15) is 24.1 Å². The van der Waals surface area contributed by atoms with Gasteiger partial charge in [0, 0.05) is 24.0 Å². The molecule has 1 aromatic heterocycles. The molecular formula is C13H20N2OS. The van der Waals surface area contributed by atoms with Crippen LogP contribution in [0.4, 0.5) is 0 Å². The van der Waals surface area contributed by atoms with Crippen molar-refractivity contribution in [3.8, 4) is 0 Å². The molecule has 3 nitrogen and oxygen atoms in total. The van der Waals surface area contributed by atoms with Crippen molar-refractivity contribution in [3.63, 3.8) is 0 Å². The molecule has 0 aromatic carbocycles. The summed E-state index contributed by atoms with van der Waals surface area (Å²) in [5.74, 6) is 0. The standard InChI is InChI=1S/C13H20N2OS/c16-10-13(14-9-11-3-2-8-17-11)5-7-15-6-1-4-12(13)15/h2-3,8,12,14,16H,1,4-7,9-10H2. The van der Waals surface area contributed by atoms with Gasteiger partial charge in [0.15, 0.2) is 0 Å². The highest BCUT2D eigenvalue weighted by Gasteiger charge is 2.48. The third kappa shape index (κ3) is 2.03. The monoisotopic (exact) mass is 252 g/mol. The van der Waals surface area contributed by atoms with Gasteiger partial charge in [-0.25, -0.2) is 0 Å². The van der Waals surface area contributed by atoms with Crippen molar-refractivity contribution in [3.05, 3.63) is 22.4 Å². The Morgan fingerprint density at radius 2 is 2.47 bits per heavy atom. The van der Waals surface area contributed by atoms with Gasteiger partial charge in [0.25, 0.3) is 0 Å². The average Bonchev–Trinajstić information content (AvgIpc) is 3.05. The van der Waals surface area contributed by atoms with Crippen molar-refractivity contribution in [2.75, 3.05) is 19.7 Å². The predicted molar refractivity (Wildman–Crippen MR) is 70.2 cm³/mol. The average molecular weight is 252 g/mol. The second-order valence-corrected chi connectivity index (χ2v) is 6.22. The summed E-state index contributed by atoms with van der Waals surface area (Å²) in [5, 5.41) is 15.6. The lowest BCUT2D eigenvalue weighted by Crippen LogP contribution is -2.55. The Morgan fingerprint density at radius 1 is 1.53 bits per heavy atom. The van der Waals surface area contributed by atoms with E-state index in [1.165, 1.54) is 24.3 Å². The summed E-state index contributed by atoms with van der Waals surface area (Å²) in [6.45, 7) is 3.51. The minimum atomic E-state index is -0.0551. The molecule has 2 atom stereocenters. The zero-order chi connectivity index (χ0) is 11.7. The van der Waals surface area contributed by atoms with Crippen molar-refractivity contribution in [1.29, 1.82) is 0 Å². The number of aliphatic hydroxyl groups is 1. The fourth-order valence-corrected chi connectivity index (χ4v) is 4.00. The first kappa shape index (κ1) is 11.7. The largest absolute Gasteiger partial charge is 0.394 e. The Kier molecular flexibility index (Phi) is 3.21. The number of rotatable bonds is 4. The molecule has 1 aromatic rings. The molecule has 2 fully saturated rings. The van der Waals surface area contributed by atoms with Crippen LogP contribution in [0, 0.1) is 0 Å². The Hall–Kier alpha value is -0.420. The first-order valence-corrected chi connectivity index (χ1v) is 7.34. The fourth-order valence-electron chi connectivity index (χ4n) is 3.35. The van der Waals surface area contributed by atoms with Gasteiger partial charge < -0.3 is 10.4 Å². The lowest BCUT2D eigenvalue weighted by atomic mass is 9.89. The maximum Gasteiger partial charge on any atom is 0.0629 e. The van der Waals surface area contributed by atoms with Crippen LogP contribution >= 0.6 is 11.3 Å². The molecule has 2 aliphatic rings. The van der Waals surface area contributed by atoms with Crippen LogP contribution in [0.2, 0.25) is 0 Å². The lowest BCUT2D eigenvalue weighted by molar-refractivity contribution is 0.125. The van der Waals surface area contributed by atoms with Crippen LogP contribution in [0.25, 0.3) is 0 Å². The molecule has 94 valence electrons. The molecule has 0 radical (unpaired) electrons. The van der Waals surface area contributed by atoms with Gasteiger partial charge in [-0.15, -0.1) is 11.3 Å². The third-order valence-electron chi connectivity index (χ3n) is 4.32. The smallest absolute Gasteiger partial charge is 0.0629 e. The normalized spacial score (nSPS) is 33.1. The van der Waals surface area contributed by atoms with Crippen LogP contribution in [0.5, 0.6) is 0 Å². The zero-order valence-electron chi connectivity index (χ0n) is 10.1. The van der Waals surface area contributed by atoms with E-state index in [9.17, 15) is 5.11 Å². The SMILES string of the molecule is OCC1(NCc2cccs2)CCN2CCCC21. The highest BCUT2D eigenvalue weighted by molar-refractivity contribution is 7.09. The number of nitrogens with zero attached hydrogens (tertiary/aromatic N) is 1. The van der Waals surface area contributed by atoms with Crippen LogP contribution < -0.4 is 5.32 Å². The number of fused-ring (bicyclic) bond motifs is 1. The number of thiophene rings is 1. The Balaban J connectivity index is 1.69. The topological polar surface area (TPSA) is 35.5 Å². The van der Waals surface area contributed by atoms with E-state index in [1.807, 2.05) is 0 Å². The van der Waals surface area contributed by atoms with Gasteiger partial charge >= 0.3 is 0 Å².